The fraction of sp³-hybridized carbons (Fsp3) is 0.308. The van der Waals surface area contributed by atoms with Crippen LogP contribution < -0.4 is 5.32 Å². The van der Waals surface area contributed by atoms with Crippen LogP contribution in [0, 0.1) is 5.92 Å². The molecule has 0 aliphatic heterocycles. The lowest BCUT2D eigenvalue weighted by Gasteiger charge is -2.07. The van der Waals surface area contributed by atoms with Crippen LogP contribution in [0.4, 0.5) is 5.69 Å². The standard InChI is InChI=1S/C13H13ClN2/c14-13-12-4-3-11(16-8-9-1-2-9)7-10(12)5-6-15-13/h3-7,9,16H,1-2,8H2. The molecule has 3 heteroatoms. The highest BCUT2D eigenvalue weighted by atomic mass is 35.5. The van der Waals surface area contributed by atoms with Crippen molar-refractivity contribution < 1.29 is 0 Å². The Labute approximate surface area is 99.6 Å². The number of fused-ring (bicyclic) bond motifs is 1. The molecular weight excluding hydrogens is 220 g/mol. The van der Waals surface area contributed by atoms with Crippen LogP contribution in [0.3, 0.4) is 0 Å². The van der Waals surface area contributed by atoms with Crippen LogP contribution in [0.1, 0.15) is 12.8 Å². The van der Waals surface area contributed by atoms with E-state index >= 15 is 0 Å². The summed E-state index contributed by atoms with van der Waals surface area (Å²) in [5.74, 6) is 0.886. The number of aromatic nitrogens is 1. The molecule has 1 aromatic heterocycles. The maximum atomic E-state index is 6.02. The lowest BCUT2D eigenvalue weighted by molar-refractivity contribution is 0.889. The number of nitrogens with one attached hydrogen (secondary N) is 1. The summed E-state index contributed by atoms with van der Waals surface area (Å²) in [6.07, 6.45) is 4.49. The monoisotopic (exact) mass is 232 g/mol. The molecule has 3 rings (SSSR count). The van der Waals surface area contributed by atoms with E-state index in [1.807, 2.05) is 12.1 Å². The molecule has 16 heavy (non-hydrogen) atoms. The van der Waals surface area contributed by atoms with Gasteiger partial charge in [0.05, 0.1) is 0 Å². The Morgan fingerprint density at radius 2 is 2.19 bits per heavy atom. The van der Waals surface area contributed by atoms with Gasteiger partial charge in [-0.3, -0.25) is 0 Å². The summed E-state index contributed by atoms with van der Waals surface area (Å²) in [4.78, 5) is 4.07. The molecule has 1 N–H and O–H groups in total. The van der Waals surface area contributed by atoms with E-state index in [1.165, 1.54) is 18.5 Å². The molecule has 1 aliphatic carbocycles. The Hall–Kier alpha value is -1.28. The number of benzene rings is 1. The molecule has 0 spiro atoms. The first kappa shape index (κ1) is 9.91. The Morgan fingerprint density at radius 3 is 3.00 bits per heavy atom. The minimum Gasteiger partial charge on any atom is -0.385 e. The van der Waals surface area contributed by atoms with Crippen LogP contribution in [-0.2, 0) is 0 Å². The zero-order valence-electron chi connectivity index (χ0n) is 8.91. The lowest BCUT2D eigenvalue weighted by Crippen LogP contribution is -2.02. The van der Waals surface area contributed by atoms with E-state index in [0.717, 1.165) is 23.2 Å². The molecule has 1 saturated carbocycles. The fourth-order valence-electron chi connectivity index (χ4n) is 1.84. The molecule has 82 valence electrons. The lowest BCUT2D eigenvalue weighted by atomic mass is 10.1. The van der Waals surface area contributed by atoms with Gasteiger partial charge < -0.3 is 5.32 Å². The van der Waals surface area contributed by atoms with E-state index in [2.05, 4.69) is 22.4 Å². The summed E-state index contributed by atoms with van der Waals surface area (Å²) in [5, 5.41) is 6.18. The van der Waals surface area contributed by atoms with E-state index in [4.69, 9.17) is 11.6 Å². The summed E-state index contributed by atoms with van der Waals surface area (Å²) < 4.78 is 0. The van der Waals surface area contributed by atoms with Crippen LogP contribution in [0.25, 0.3) is 10.8 Å². The minimum atomic E-state index is 0.575. The van der Waals surface area contributed by atoms with Crippen molar-refractivity contribution in [3.63, 3.8) is 0 Å². The molecule has 0 radical (unpaired) electrons. The van der Waals surface area contributed by atoms with E-state index < -0.39 is 0 Å². The summed E-state index contributed by atoms with van der Waals surface area (Å²) in [7, 11) is 0. The van der Waals surface area contributed by atoms with Gasteiger partial charge in [-0.2, -0.15) is 0 Å². The van der Waals surface area contributed by atoms with Crippen molar-refractivity contribution in [2.75, 3.05) is 11.9 Å². The Balaban J connectivity index is 1.89. The van der Waals surface area contributed by atoms with Gasteiger partial charge in [-0.1, -0.05) is 11.6 Å². The molecule has 0 saturated heterocycles. The van der Waals surface area contributed by atoms with Crippen LogP contribution in [0.5, 0.6) is 0 Å². The van der Waals surface area contributed by atoms with Crippen molar-refractivity contribution in [2.45, 2.75) is 12.8 Å². The van der Waals surface area contributed by atoms with Gasteiger partial charge in [0.25, 0.3) is 0 Å². The topological polar surface area (TPSA) is 24.9 Å². The summed E-state index contributed by atoms with van der Waals surface area (Å²) >= 11 is 6.02. The molecule has 1 heterocycles. The fourth-order valence-corrected chi connectivity index (χ4v) is 2.06. The van der Waals surface area contributed by atoms with E-state index in [-0.39, 0.29) is 0 Å². The van der Waals surface area contributed by atoms with Crippen molar-refractivity contribution >= 4 is 28.1 Å². The van der Waals surface area contributed by atoms with E-state index in [1.54, 1.807) is 6.20 Å². The smallest absolute Gasteiger partial charge is 0.136 e. The van der Waals surface area contributed by atoms with E-state index in [0.29, 0.717) is 5.15 Å². The van der Waals surface area contributed by atoms with Gasteiger partial charge in [-0.15, -0.1) is 0 Å². The molecule has 0 bridgehead atoms. The van der Waals surface area contributed by atoms with Gasteiger partial charge >= 0.3 is 0 Å². The first-order valence-corrected chi connectivity index (χ1v) is 5.99. The summed E-state index contributed by atoms with van der Waals surface area (Å²) in [6, 6.07) is 8.22. The van der Waals surface area contributed by atoms with Gasteiger partial charge in [-0.05, 0) is 48.4 Å². The molecule has 0 unspecified atom stereocenters. The molecule has 0 amide bonds. The average molecular weight is 233 g/mol. The van der Waals surface area contributed by atoms with Gasteiger partial charge in [0.15, 0.2) is 0 Å². The first-order chi connectivity index (χ1) is 7.83. The van der Waals surface area contributed by atoms with Crippen molar-refractivity contribution in [1.29, 1.82) is 0 Å². The van der Waals surface area contributed by atoms with Gasteiger partial charge in [-0.25, -0.2) is 4.98 Å². The van der Waals surface area contributed by atoms with Crippen LogP contribution in [0.15, 0.2) is 30.5 Å². The number of rotatable bonds is 3. The van der Waals surface area contributed by atoms with E-state index in [9.17, 15) is 0 Å². The number of hydrogen-bond donors (Lipinski definition) is 1. The number of pyridine rings is 1. The van der Waals surface area contributed by atoms with Gasteiger partial charge in [0.1, 0.15) is 5.15 Å². The summed E-state index contributed by atoms with van der Waals surface area (Å²) in [6.45, 7) is 1.09. The third kappa shape index (κ3) is 1.98. The zero-order chi connectivity index (χ0) is 11.0. The maximum absolute atomic E-state index is 6.02. The highest BCUT2D eigenvalue weighted by Crippen LogP contribution is 2.30. The minimum absolute atomic E-state index is 0.575. The van der Waals surface area contributed by atoms with Crippen molar-refractivity contribution in [3.8, 4) is 0 Å². The second-order valence-corrected chi connectivity index (χ2v) is 4.72. The quantitative estimate of drug-likeness (QED) is 0.816. The number of nitrogens with zero attached hydrogens (tertiary/aromatic N) is 1. The third-order valence-electron chi connectivity index (χ3n) is 3.01. The zero-order valence-corrected chi connectivity index (χ0v) is 9.67. The maximum Gasteiger partial charge on any atom is 0.136 e. The summed E-state index contributed by atoms with van der Waals surface area (Å²) in [5.41, 5.74) is 1.17. The molecule has 1 aliphatic rings. The van der Waals surface area contributed by atoms with Gasteiger partial charge in [0.2, 0.25) is 0 Å². The SMILES string of the molecule is Clc1nccc2cc(NCC3CC3)ccc12. The second kappa shape index (κ2) is 3.95. The second-order valence-electron chi connectivity index (χ2n) is 4.36. The van der Waals surface area contributed by atoms with Crippen LogP contribution in [-0.4, -0.2) is 11.5 Å². The molecule has 2 aromatic rings. The molecule has 1 fully saturated rings. The Bertz CT molecular complexity index is 520. The third-order valence-corrected chi connectivity index (χ3v) is 3.31. The Morgan fingerprint density at radius 1 is 1.31 bits per heavy atom. The molecule has 0 atom stereocenters. The Kier molecular flexibility index (Phi) is 2.44. The highest BCUT2D eigenvalue weighted by Gasteiger charge is 2.20. The first-order valence-electron chi connectivity index (χ1n) is 5.61. The molecular formula is C13H13ClN2. The highest BCUT2D eigenvalue weighted by molar-refractivity contribution is 6.34. The molecule has 2 nitrogen and oxygen atoms in total. The molecule has 1 aromatic carbocycles. The number of hydrogen-bond acceptors (Lipinski definition) is 2. The van der Waals surface area contributed by atoms with Gasteiger partial charge in [0, 0.05) is 23.8 Å². The van der Waals surface area contributed by atoms with Crippen molar-refractivity contribution in [1.82, 2.24) is 4.98 Å². The van der Waals surface area contributed by atoms with Crippen LogP contribution in [0.2, 0.25) is 5.15 Å². The normalized spacial score (nSPS) is 15.3. The number of anilines is 1. The number of halogens is 1. The predicted molar refractivity (Wildman–Crippen MR) is 68.0 cm³/mol. The van der Waals surface area contributed by atoms with Crippen LogP contribution >= 0.6 is 11.6 Å². The van der Waals surface area contributed by atoms with Crippen molar-refractivity contribution in [3.05, 3.63) is 35.6 Å². The van der Waals surface area contributed by atoms with Crippen molar-refractivity contribution in [2.24, 2.45) is 5.92 Å². The average Bonchev–Trinajstić information content (AvgIpc) is 3.10. The largest absolute Gasteiger partial charge is 0.385 e. The predicted octanol–water partition coefficient (Wildman–Crippen LogP) is 3.71.